The van der Waals surface area contributed by atoms with Gasteiger partial charge in [0.2, 0.25) is 11.1 Å². The Labute approximate surface area is 144 Å². The van der Waals surface area contributed by atoms with Gasteiger partial charge < -0.3 is 4.74 Å². The van der Waals surface area contributed by atoms with E-state index < -0.39 is 18.4 Å². The maximum absolute atomic E-state index is 12.1. The average molecular weight is 369 g/mol. The van der Waals surface area contributed by atoms with Crippen LogP contribution in [0.2, 0.25) is 0 Å². The molecule has 0 spiro atoms. The summed E-state index contributed by atoms with van der Waals surface area (Å²) < 4.78 is 30.0. The predicted molar refractivity (Wildman–Crippen MR) is 82.4 cm³/mol. The Bertz CT molecular complexity index is 764. The van der Waals surface area contributed by atoms with Gasteiger partial charge in [0.15, 0.2) is 0 Å². The van der Waals surface area contributed by atoms with Gasteiger partial charge in [-0.25, -0.2) is 4.68 Å². The zero-order chi connectivity index (χ0) is 17.8. The van der Waals surface area contributed by atoms with Crippen LogP contribution in [0.3, 0.4) is 0 Å². The summed E-state index contributed by atoms with van der Waals surface area (Å²) in [5.41, 5.74) is 0.155. The lowest BCUT2D eigenvalue weighted by atomic mass is 10.2. The highest BCUT2D eigenvalue weighted by atomic mass is 32.2. The van der Waals surface area contributed by atoms with E-state index in [4.69, 9.17) is 0 Å². The summed E-state index contributed by atoms with van der Waals surface area (Å²) in [4.78, 5) is 23.8. The highest BCUT2D eigenvalue weighted by Gasteiger charge is 2.28. The molecule has 0 aliphatic heterocycles. The molecule has 1 aromatic carbocycles. The molecule has 11 heteroatoms. The molecule has 0 radical (unpaired) electrons. The SMILES string of the molecule is O=C(CSc1nnnn1C1CC1)NC(=O)c1ccc(OC(F)F)cc1. The van der Waals surface area contributed by atoms with Crippen LogP contribution in [0.4, 0.5) is 8.78 Å². The van der Waals surface area contributed by atoms with Gasteiger partial charge >= 0.3 is 6.61 Å². The molecule has 2 aromatic rings. The highest BCUT2D eigenvalue weighted by molar-refractivity contribution is 7.99. The summed E-state index contributed by atoms with van der Waals surface area (Å²) in [7, 11) is 0. The zero-order valence-electron chi connectivity index (χ0n) is 12.8. The van der Waals surface area contributed by atoms with Crippen molar-refractivity contribution in [1.82, 2.24) is 25.5 Å². The summed E-state index contributed by atoms with van der Waals surface area (Å²) >= 11 is 1.14. The van der Waals surface area contributed by atoms with Crippen molar-refractivity contribution in [3.8, 4) is 5.75 Å². The van der Waals surface area contributed by atoms with E-state index >= 15 is 0 Å². The van der Waals surface area contributed by atoms with Gasteiger partial charge in [0.1, 0.15) is 5.75 Å². The number of benzene rings is 1. The first-order chi connectivity index (χ1) is 12.0. The second kappa shape index (κ2) is 7.55. The molecule has 1 aromatic heterocycles. The molecule has 1 aliphatic carbocycles. The molecule has 1 heterocycles. The summed E-state index contributed by atoms with van der Waals surface area (Å²) in [6, 6.07) is 5.33. The number of halogens is 2. The lowest BCUT2D eigenvalue weighted by Crippen LogP contribution is -2.31. The minimum Gasteiger partial charge on any atom is -0.435 e. The Morgan fingerprint density at radius 2 is 2.04 bits per heavy atom. The second-order valence-electron chi connectivity index (χ2n) is 5.21. The van der Waals surface area contributed by atoms with Crippen LogP contribution in [-0.2, 0) is 4.79 Å². The molecular formula is C14H13F2N5O3S. The predicted octanol–water partition coefficient (Wildman–Crippen LogP) is 1.66. The Kier molecular flexibility index (Phi) is 5.22. The smallest absolute Gasteiger partial charge is 0.387 e. The summed E-state index contributed by atoms with van der Waals surface area (Å²) in [5.74, 6) is -1.23. The number of amides is 2. The fraction of sp³-hybridized carbons (Fsp3) is 0.357. The number of alkyl halides is 2. The molecule has 132 valence electrons. The third kappa shape index (κ3) is 4.72. The zero-order valence-corrected chi connectivity index (χ0v) is 13.6. The van der Waals surface area contributed by atoms with Gasteiger partial charge in [-0.2, -0.15) is 8.78 Å². The van der Waals surface area contributed by atoms with Crippen LogP contribution in [0.1, 0.15) is 29.2 Å². The minimum atomic E-state index is -2.94. The molecule has 25 heavy (non-hydrogen) atoms. The molecule has 1 N–H and O–H groups in total. The maximum atomic E-state index is 12.1. The molecule has 0 saturated heterocycles. The molecule has 8 nitrogen and oxygen atoms in total. The van der Waals surface area contributed by atoms with Gasteiger partial charge in [-0.3, -0.25) is 14.9 Å². The van der Waals surface area contributed by atoms with Crippen molar-refractivity contribution in [1.29, 1.82) is 0 Å². The maximum Gasteiger partial charge on any atom is 0.387 e. The largest absolute Gasteiger partial charge is 0.435 e. The number of tetrazole rings is 1. The summed E-state index contributed by atoms with van der Waals surface area (Å²) in [6.45, 7) is -2.94. The van der Waals surface area contributed by atoms with Crippen molar-refractivity contribution in [2.45, 2.75) is 30.7 Å². The topological polar surface area (TPSA) is 99.0 Å². The molecular weight excluding hydrogens is 356 g/mol. The Morgan fingerprint density at radius 3 is 2.68 bits per heavy atom. The number of thioether (sulfide) groups is 1. The van der Waals surface area contributed by atoms with Crippen LogP contribution < -0.4 is 10.1 Å². The first-order valence-corrected chi connectivity index (χ1v) is 8.31. The number of nitrogens with one attached hydrogen (secondary N) is 1. The molecule has 1 aliphatic rings. The van der Waals surface area contributed by atoms with Crippen molar-refractivity contribution < 1.29 is 23.1 Å². The normalized spacial score (nSPS) is 13.7. The lowest BCUT2D eigenvalue weighted by molar-refractivity contribution is -0.117. The lowest BCUT2D eigenvalue weighted by Gasteiger charge is -2.06. The number of carbonyl (C=O) groups excluding carboxylic acids is 2. The van der Waals surface area contributed by atoms with Crippen molar-refractivity contribution in [3.05, 3.63) is 29.8 Å². The van der Waals surface area contributed by atoms with Crippen molar-refractivity contribution in [2.24, 2.45) is 0 Å². The number of nitrogens with zero attached hydrogens (tertiary/aromatic N) is 4. The van der Waals surface area contributed by atoms with Gasteiger partial charge in [0.25, 0.3) is 5.91 Å². The van der Waals surface area contributed by atoms with Gasteiger partial charge in [-0.15, -0.1) is 5.10 Å². The standard InChI is InChI=1S/C14H13F2N5O3S/c15-13(16)24-10-5-1-8(2-6-10)12(23)17-11(22)7-25-14-18-19-20-21(14)9-3-4-9/h1-2,5-6,9,13H,3-4,7H2,(H,17,22,23). The highest BCUT2D eigenvalue weighted by Crippen LogP contribution is 2.36. The van der Waals surface area contributed by atoms with Crippen LogP contribution in [0.5, 0.6) is 5.75 Å². The number of ether oxygens (including phenoxy) is 1. The Morgan fingerprint density at radius 1 is 1.32 bits per heavy atom. The number of carbonyl (C=O) groups is 2. The molecule has 0 bridgehead atoms. The van der Waals surface area contributed by atoms with Gasteiger partial charge in [0, 0.05) is 5.56 Å². The molecule has 0 unspecified atom stereocenters. The fourth-order valence-electron chi connectivity index (χ4n) is 1.98. The number of imide groups is 1. The monoisotopic (exact) mass is 369 g/mol. The van der Waals surface area contributed by atoms with E-state index in [1.165, 1.54) is 24.3 Å². The number of hydrogen-bond acceptors (Lipinski definition) is 7. The van der Waals surface area contributed by atoms with E-state index in [9.17, 15) is 18.4 Å². The van der Waals surface area contributed by atoms with Crippen molar-refractivity contribution in [3.63, 3.8) is 0 Å². The van der Waals surface area contributed by atoms with E-state index in [1.807, 2.05) is 0 Å². The molecule has 3 rings (SSSR count). The Hall–Kier alpha value is -2.56. The molecule has 1 saturated carbocycles. The van der Waals surface area contributed by atoms with E-state index in [0.29, 0.717) is 5.16 Å². The van der Waals surface area contributed by atoms with E-state index in [0.717, 1.165) is 24.6 Å². The third-order valence-corrected chi connectivity index (χ3v) is 4.22. The average Bonchev–Trinajstić information content (AvgIpc) is 3.31. The van der Waals surface area contributed by atoms with Crippen LogP contribution in [0.15, 0.2) is 29.4 Å². The number of hydrogen-bond donors (Lipinski definition) is 1. The fourth-order valence-corrected chi connectivity index (χ4v) is 2.73. The quantitative estimate of drug-likeness (QED) is 0.741. The number of rotatable bonds is 7. The Balaban J connectivity index is 1.50. The van der Waals surface area contributed by atoms with Gasteiger partial charge in [-0.1, -0.05) is 11.8 Å². The summed E-state index contributed by atoms with van der Waals surface area (Å²) in [5, 5.41) is 14.0. The summed E-state index contributed by atoms with van der Waals surface area (Å²) in [6.07, 6.45) is 2.02. The molecule has 0 atom stereocenters. The van der Waals surface area contributed by atoms with Crippen LogP contribution >= 0.6 is 11.8 Å². The first-order valence-electron chi connectivity index (χ1n) is 7.32. The van der Waals surface area contributed by atoms with Crippen molar-refractivity contribution >= 4 is 23.6 Å². The van der Waals surface area contributed by atoms with Crippen molar-refractivity contribution in [2.75, 3.05) is 5.75 Å². The number of aromatic nitrogens is 4. The van der Waals surface area contributed by atoms with Crippen LogP contribution in [0, 0.1) is 0 Å². The third-order valence-electron chi connectivity index (χ3n) is 3.28. The minimum absolute atomic E-state index is 0.0224. The van der Waals surface area contributed by atoms with E-state index in [2.05, 4.69) is 25.6 Å². The first kappa shape index (κ1) is 17.3. The van der Waals surface area contributed by atoms with Gasteiger partial charge in [-0.05, 0) is 47.5 Å². The van der Waals surface area contributed by atoms with E-state index in [-0.39, 0.29) is 23.1 Å². The van der Waals surface area contributed by atoms with Crippen LogP contribution in [-0.4, -0.2) is 44.4 Å². The van der Waals surface area contributed by atoms with Crippen LogP contribution in [0.25, 0.3) is 0 Å². The second-order valence-corrected chi connectivity index (χ2v) is 6.15. The molecule has 1 fully saturated rings. The van der Waals surface area contributed by atoms with Gasteiger partial charge in [0.05, 0.1) is 11.8 Å². The molecule has 2 amide bonds. The van der Waals surface area contributed by atoms with E-state index in [1.54, 1.807) is 4.68 Å².